The zero-order valence-corrected chi connectivity index (χ0v) is 42.0. The highest BCUT2D eigenvalue weighted by molar-refractivity contribution is 6.00. The molecule has 2 saturated heterocycles. The lowest BCUT2D eigenvalue weighted by Gasteiger charge is -2.43. The highest BCUT2D eigenvalue weighted by atomic mass is 79.9. The standard InChI is InChI=1S/C51H86N3O4.2BrH/c1-5-7-9-11-13-15-17-19-21-32-40-57-50(55)48-45(42-53(3)36-28-24-29-37-53)52-46(43-54(4)38-30-25-31-39-54)49(47(48)44-34-26-23-27-35-44)51(56)58-41-33-22-20-18-16-14-12-10-8-6-2;;/h23,26-27,34-35,47H,5-22,24-25,28-33,36-43H2,1-4H3;2*1H/q+1;;/p-1. The summed E-state index contributed by atoms with van der Waals surface area (Å²) in [5, 5.41) is 3.87. The number of ether oxygens (including phenoxy) is 2. The number of nitrogens with zero attached hydrogens (tertiary/aromatic N) is 2. The maximum atomic E-state index is 14.7. The van der Waals surface area contributed by atoms with Gasteiger partial charge in [-0.1, -0.05) is 160 Å². The second-order valence-corrected chi connectivity index (χ2v) is 19.0. The van der Waals surface area contributed by atoms with Gasteiger partial charge in [0.1, 0.15) is 13.1 Å². The monoisotopic (exact) mass is 964 g/mol. The molecule has 3 aliphatic heterocycles. The van der Waals surface area contributed by atoms with E-state index in [9.17, 15) is 9.59 Å². The number of rotatable bonds is 29. The van der Waals surface area contributed by atoms with Crippen molar-refractivity contribution in [3.8, 4) is 0 Å². The van der Waals surface area contributed by atoms with Gasteiger partial charge in [-0.3, -0.25) is 0 Å². The summed E-state index contributed by atoms with van der Waals surface area (Å²) in [5.74, 6) is -1.11. The molecule has 0 amide bonds. The van der Waals surface area contributed by atoms with Crippen LogP contribution in [0.15, 0.2) is 52.9 Å². The second-order valence-electron chi connectivity index (χ2n) is 19.0. The summed E-state index contributed by atoms with van der Waals surface area (Å²) in [6, 6.07) is 10.3. The molecule has 4 rings (SSSR count). The van der Waals surface area contributed by atoms with E-state index in [1.54, 1.807) is 0 Å². The number of hydrogen-bond acceptors (Lipinski definition) is 5. The molecule has 1 aromatic rings. The second kappa shape index (κ2) is 31.2. The number of likely N-dealkylation sites (tertiary alicyclic amines) is 2. The van der Waals surface area contributed by atoms with Gasteiger partial charge in [0.2, 0.25) is 0 Å². The Morgan fingerprint density at radius 3 is 1.20 bits per heavy atom. The normalized spacial score (nSPS) is 17.7. The third-order valence-corrected chi connectivity index (χ3v) is 13.4. The number of hydrogen-bond donors (Lipinski definition) is 1. The topological polar surface area (TPSA) is 64.6 Å². The van der Waals surface area contributed by atoms with Crippen molar-refractivity contribution in [3.63, 3.8) is 0 Å². The number of quaternary nitrogens is 2. The Morgan fingerprint density at radius 2 is 0.850 bits per heavy atom. The average Bonchev–Trinajstić information content (AvgIpc) is 3.22. The Hall–Kier alpha value is -1.68. The zero-order chi connectivity index (χ0) is 41.3. The molecule has 1 aromatic carbocycles. The first kappa shape index (κ1) is 54.5. The lowest BCUT2D eigenvalue weighted by atomic mass is 9.79. The van der Waals surface area contributed by atoms with Crippen LogP contribution in [0.2, 0.25) is 0 Å². The minimum absolute atomic E-state index is 0. The van der Waals surface area contributed by atoms with Crippen LogP contribution in [-0.4, -0.2) is 87.5 Å². The van der Waals surface area contributed by atoms with E-state index in [-0.39, 0.29) is 45.9 Å². The molecule has 344 valence electrons. The summed E-state index contributed by atoms with van der Waals surface area (Å²) < 4.78 is 14.3. The van der Waals surface area contributed by atoms with Gasteiger partial charge in [-0.2, -0.15) is 0 Å². The highest BCUT2D eigenvalue weighted by Crippen LogP contribution is 2.41. The van der Waals surface area contributed by atoms with Crippen molar-refractivity contribution in [1.29, 1.82) is 0 Å². The molecule has 0 aromatic heterocycles. The van der Waals surface area contributed by atoms with Crippen molar-refractivity contribution in [3.05, 3.63) is 58.4 Å². The number of esters is 2. The van der Waals surface area contributed by atoms with Gasteiger partial charge < -0.3 is 57.7 Å². The molecule has 0 saturated carbocycles. The van der Waals surface area contributed by atoms with Crippen LogP contribution in [0.3, 0.4) is 0 Å². The van der Waals surface area contributed by atoms with Gasteiger partial charge in [-0.15, -0.1) is 0 Å². The van der Waals surface area contributed by atoms with Crippen molar-refractivity contribution in [2.24, 2.45) is 0 Å². The lowest BCUT2D eigenvalue weighted by Crippen LogP contribution is -3.00. The van der Waals surface area contributed by atoms with E-state index in [0.717, 1.165) is 90.9 Å². The summed E-state index contributed by atoms with van der Waals surface area (Å²) in [5.41, 5.74) is 4.06. The van der Waals surface area contributed by atoms with E-state index in [2.05, 4.69) is 45.4 Å². The fourth-order valence-electron chi connectivity index (χ4n) is 9.82. The summed E-state index contributed by atoms with van der Waals surface area (Å²) in [6.07, 6.45) is 32.0. The zero-order valence-electron chi connectivity index (χ0n) is 38.8. The number of carbonyl (C=O) groups is 2. The van der Waals surface area contributed by atoms with Crippen LogP contribution in [0.25, 0.3) is 0 Å². The number of benzene rings is 1. The smallest absolute Gasteiger partial charge is 0.336 e. The highest BCUT2D eigenvalue weighted by Gasteiger charge is 2.44. The Kier molecular flexibility index (Phi) is 28.3. The van der Waals surface area contributed by atoms with Gasteiger partial charge in [0.15, 0.2) is 0 Å². The van der Waals surface area contributed by atoms with Crippen molar-refractivity contribution in [2.75, 3.05) is 66.6 Å². The van der Waals surface area contributed by atoms with Gasteiger partial charge in [-0.25, -0.2) is 9.59 Å². The summed E-state index contributed by atoms with van der Waals surface area (Å²) in [7, 11) is 4.69. The predicted molar refractivity (Wildman–Crippen MR) is 241 cm³/mol. The summed E-state index contributed by atoms with van der Waals surface area (Å²) in [4.78, 5) is 29.4. The molecular formula is C51H87Br2N3O4. The minimum Gasteiger partial charge on any atom is -1.00 e. The molecule has 3 aliphatic rings. The third-order valence-electron chi connectivity index (χ3n) is 13.4. The summed E-state index contributed by atoms with van der Waals surface area (Å²) in [6.45, 7) is 11.1. The van der Waals surface area contributed by atoms with Crippen LogP contribution in [0, 0.1) is 0 Å². The molecule has 0 spiro atoms. The molecule has 7 nitrogen and oxygen atoms in total. The fraction of sp³-hybridized carbons (Fsp3) is 0.765. The predicted octanol–water partition coefficient (Wildman–Crippen LogP) is 6.08. The maximum Gasteiger partial charge on any atom is 0.336 e. The van der Waals surface area contributed by atoms with Crippen LogP contribution in [0.4, 0.5) is 0 Å². The van der Waals surface area contributed by atoms with E-state index in [0.29, 0.717) is 24.4 Å². The quantitative estimate of drug-likeness (QED) is 0.0600. The van der Waals surface area contributed by atoms with Crippen LogP contribution >= 0.6 is 0 Å². The lowest BCUT2D eigenvalue weighted by molar-refractivity contribution is -0.911. The largest absolute Gasteiger partial charge is 1.00 e. The Bertz CT molecular complexity index is 1300. The minimum atomic E-state index is -0.541. The number of likely N-dealkylation sites (N-methyl/N-ethyl adjacent to an activating group) is 2. The molecule has 0 unspecified atom stereocenters. The van der Waals surface area contributed by atoms with E-state index in [1.807, 2.05) is 18.2 Å². The molecule has 60 heavy (non-hydrogen) atoms. The fourth-order valence-corrected chi connectivity index (χ4v) is 9.82. The molecule has 3 heterocycles. The molecule has 9 heteroatoms. The summed E-state index contributed by atoms with van der Waals surface area (Å²) >= 11 is 0. The first-order valence-corrected chi connectivity index (χ1v) is 24.6. The number of nitrogens with one attached hydrogen (secondary N) is 1. The number of halogens is 2. The van der Waals surface area contributed by atoms with Gasteiger partial charge in [-0.05, 0) is 56.9 Å². The van der Waals surface area contributed by atoms with E-state index in [1.165, 1.54) is 141 Å². The molecule has 1 N–H and O–H groups in total. The first-order chi connectivity index (χ1) is 28.3. The van der Waals surface area contributed by atoms with E-state index >= 15 is 0 Å². The number of unbranched alkanes of at least 4 members (excludes halogenated alkanes) is 18. The van der Waals surface area contributed by atoms with Crippen LogP contribution < -0.4 is 39.3 Å². The van der Waals surface area contributed by atoms with Gasteiger partial charge in [0.05, 0.1) is 81.9 Å². The van der Waals surface area contributed by atoms with Crippen LogP contribution in [0.5, 0.6) is 0 Å². The Morgan fingerprint density at radius 1 is 0.517 bits per heavy atom. The molecular weight excluding hydrogens is 878 g/mol. The number of carbonyl (C=O) groups excluding carboxylic acids is 2. The van der Waals surface area contributed by atoms with Crippen LogP contribution in [0.1, 0.15) is 192 Å². The van der Waals surface area contributed by atoms with E-state index in [4.69, 9.17) is 9.47 Å². The molecule has 0 radical (unpaired) electrons. The van der Waals surface area contributed by atoms with Crippen molar-refractivity contribution in [2.45, 2.75) is 187 Å². The molecule has 0 aliphatic carbocycles. The number of piperidine rings is 2. The maximum absolute atomic E-state index is 14.7. The Labute approximate surface area is 389 Å². The van der Waals surface area contributed by atoms with Crippen molar-refractivity contribution >= 4 is 11.9 Å². The van der Waals surface area contributed by atoms with Gasteiger partial charge in [0, 0.05) is 0 Å². The Balaban J connectivity index is 0.00000620. The van der Waals surface area contributed by atoms with Crippen molar-refractivity contribution in [1.82, 2.24) is 5.32 Å². The average molecular weight is 966 g/mol. The SMILES string of the molecule is CCCCCCCCCCCCOC(=O)C1=C(C[N+]2(C)CCCCC2)NC(C[N+]2(C)CCCCC2)=C(C(=O)OCCCCCCCCCCCC)C1c1ccccc1.[Br-].[Br-]. The van der Waals surface area contributed by atoms with Crippen molar-refractivity contribution < 1.29 is 62.0 Å². The first-order valence-electron chi connectivity index (χ1n) is 24.6. The molecule has 0 bridgehead atoms. The molecule has 0 atom stereocenters. The third kappa shape index (κ3) is 19.4. The van der Waals surface area contributed by atoms with E-state index < -0.39 is 5.92 Å². The molecule has 2 fully saturated rings. The number of dihydropyridines is 1. The van der Waals surface area contributed by atoms with Gasteiger partial charge >= 0.3 is 11.9 Å². The van der Waals surface area contributed by atoms with Gasteiger partial charge in [0.25, 0.3) is 0 Å². The van der Waals surface area contributed by atoms with Crippen LogP contribution in [-0.2, 0) is 19.1 Å².